The van der Waals surface area contributed by atoms with Gasteiger partial charge < -0.3 is 10.2 Å². The van der Waals surface area contributed by atoms with Crippen molar-refractivity contribution in [1.82, 2.24) is 10.3 Å². The molecule has 1 aromatic heterocycles. The third kappa shape index (κ3) is 2.76. The fourth-order valence-corrected chi connectivity index (χ4v) is 4.22. The number of piperidine rings is 1. The summed E-state index contributed by atoms with van der Waals surface area (Å²) in [6, 6.07) is 3.87. The molecule has 3 rings (SSSR count). The van der Waals surface area contributed by atoms with E-state index in [1.165, 1.54) is 25.7 Å². The third-order valence-corrected chi connectivity index (χ3v) is 5.00. The Morgan fingerprint density at radius 3 is 2.68 bits per heavy atom. The number of nitrogens with zero attached hydrogens (tertiary/aromatic N) is 2. The summed E-state index contributed by atoms with van der Waals surface area (Å²) in [7, 11) is 0. The van der Waals surface area contributed by atoms with Gasteiger partial charge in [0.15, 0.2) is 0 Å². The minimum Gasteiger partial charge on any atom is -0.353 e. The van der Waals surface area contributed by atoms with Crippen LogP contribution in [0.4, 0.5) is 5.82 Å². The fraction of sp³-hybridized carbons (Fsp3) is 0.643. The molecule has 2 atom stereocenters. The lowest BCUT2D eigenvalue weighted by Gasteiger charge is -2.38. The van der Waals surface area contributed by atoms with Gasteiger partial charge in [0.05, 0.1) is 5.02 Å². The van der Waals surface area contributed by atoms with Crippen molar-refractivity contribution in [3.05, 3.63) is 21.8 Å². The molecule has 1 aromatic rings. The van der Waals surface area contributed by atoms with E-state index < -0.39 is 0 Å². The van der Waals surface area contributed by atoms with E-state index in [4.69, 9.17) is 11.6 Å². The molecule has 0 radical (unpaired) electrons. The smallest absolute Gasteiger partial charge is 0.147 e. The molecule has 0 saturated carbocycles. The van der Waals surface area contributed by atoms with Gasteiger partial charge in [-0.15, -0.1) is 0 Å². The largest absolute Gasteiger partial charge is 0.353 e. The number of pyridine rings is 1. The van der Waals surface area contributed by atoms with Crippen LogP contribution in [0.5, 0.6) is 0 Å². The van der Waals surface area contributed by atoms with E-state index in [0.717, 1.165) is 21.9 Å². The molecule has 2 aliphatic heterocycles. The van der Waals surface area contributed by atoms with Gasteiger partial charge in [-0.25, -0.2) is 4.98 Å². The second-order valence-corrected chi connectivity index (χ2v) is 6.83. The zero-order chi connectivity index (χ0) is 13.4. The summed E-state index contributed by atoms with van der Waals surface area (Å²) in [6.45, 7) is 3.14. The maximum absolute atomic E-state index is 6.36. The topological polar surface area (TPSA) is 28.2 Å². The van der Waals surface area contributed by atoms with Crippen LogP contribution >= 0.6 is 27.5 Å². The van der Waals surface area contributed by atoms with Crippen LogP contribution in [-0.2, 0) is 0 Å². The molecule has 2 fully saturated rings. The van der Waals surface area contributed by atoms with E-state index in [2.05, 4.69) is 38.1 Å². The zero-order valence-electron chi connectivity index (χ0n) is 11.1. The number of aromatic nitrogens is 1. The van der Waals surface area contributed by atoms with Crippen LogP contribution in [0.1, 0.15) is 32.6 Å². The molecule has 0 spiro atoms. The first-order chi connectivity index (χ1) is 9.17. The van der Waals surface area contributed by atoms with E-state index in [-0.39, 0.29) is 0 Å². The van der Waals surface area contributed by atoms with E-state index in [9.17, 15) is 0 Å². The number of hydrogen-bond donors (Lipinski definition) is 1. The van der Waals surface area contributed by atoms with Gasteiger partial charge in [0, 0.05) is 35.3 Å². The van der Waals surface area contributed by atoms with Gasteiger partial charge in [0.2, 0.25) is 0 Å². The Hall–Kier alpha value is -0.320. The second-order valence-electron chi connectivity index (χ2n) is 5.51. The highest BCUT2D eigenvalue weighted by molar-refractivity contribution is 9.10. The molecule has 2 saturated heterocycles. The molecule has 2 unspecified atom stereocenters. The van der Waals surface area contributed by atoms with Crippen LogP contribution in [0.15, 0.2) is 16.7 Å². The van der Waals surface area contributed by atoms with Gasteiger partial charge in [-0.3, -0.25) is 0 Å². The van der Waals surface area contributed by atoms with Crippen molar-refractivity contribution in [2.75, 3.05) is 11.4 Å². The number of hydrogen-bond acceptors (Lipinski definition) is 3. The van der Waals surface area contributed by atoms with Gasteiger partial charge in [-0.05, 0) is 54.6 Å². The predicted octanol–water partition coefficient (Wildman–Crippen LogP) is 3.61. The maximum Gasteiger partial charge on any atom is 0.147 e. The molecule has 0 amide bonds. The van der Waals surface area contributed by atoms with Crippen molar-refractivity contribution in [2.24, 2.45) is 0 Å². The molecule has 3 nitrogen and oxygen atoms in total. The molecule has 2 aliphatic rings. The summed E-state index contributed by atoms with van der Waals surface area (Å²) in [5.74, 6) is 0.929. The summed E-state index contributed by atoms with van der Waals surface area (Å²) in [4.78, 5) is 6.90. The number of halogens is 2. The van der Waals surface area contributed by atoms with Crippen molar-refractivity contribution in [2.45, 2.75) is 50.7 Å². The Morgan fingerprint density at radius 1 is 1.42 bits per heavy atom. The van der Waals surface area contributed by atoms with Crippen molar-refractivity contribution in [1.29, 1.82) is 0 Å². The normalized spacial score (nSPS) is 29.5. The minimum atomic E-state index is 0.565. The van der Waals surface area contributed by atoms with Gasteiger partial charge >= 0.3 is 0 Å². The quantitative estimate of drug-likeness (QED) is 0.908. The van der Waals surface area contributed by atoms with E-state index in [1.807, 2.05) is 12.3 Å². The van der Waals surface area contributed by atoms with Crippen LogP contribution in [0.3, 0.4) is 0 Å². The number of fused-ring (bicyclic) bond motifs is 2. The summed E-state index contributed by atoms with van der Waals surface area (Å²) < 4.78 is 0.933. The van der Waals surface area contributed by atoms with E-state index >= 15 is 0 Å². The van der Waals surface area contributed by atoms with Crippen LogP contribution in [0.25, 0.3) is 0 Å². The first-order valence-electron chi connectivity index (χ1n) is 7.01. The Bertz CT molecular complexity index is 456. The van der Waals surface area contributed by atoms with Crippen LogP contribution in [0, 0.1) is 0 Å². The van der Waals surface area contributed by atoms with Crippen LogP contribution < -0.4 is 10.2 Å². The lowest BCUT2D eigenvalue weighted by Crippen LogP contribution is -2.48. The fourth-order valence-electron chi connectivity index (χ4n) is 3.48. The minimum absolute atomic E-state index is 0.565. The monoisotopic (exact) mass is 343 g/mol. The summed E-state index contributed by atoms with van der Waals surface area (Å²) in [5.41, 5.74) is 0. The molecule has 0 aliphatic carbocycles. The standard InChI is InChI=1S/C14H19BrClN3/c1-2-19(14-13(16)5-9(15)8-17-14)12-6-10-3-4-11(7-12)18-10/h5,8,10-12,18H,2-4,6-7H2,1H3. The Kier molecular flexibility index (Phi) is 4.01. The number of rotatable bonds is 3. The van der Waals surface area contributed by atoms with Crippen LogP contribution in [0.2, 0.25) is 5.02 Å². The molecule has 104 valence electrons. The highest BCUT2D eigenvalue weighted by Gasteiger charge is 2.36. The van der Waals surface area contributed by atoms with Gasteiger partial charge in [-0.1, -0.05) is 11.6 Å². The summed E-state index contributed by atoms with van der Waals surface area (Å²) in [5, 5.41) is 4.42. The third-order valence-electron chi connectivity index (χ3n) is 4.29. The highest BCUT2D eigenvalue weighted by Crippen LogP contribution is 2.34. The number of nitrogens with one attached hydrogen (secondary N) is 1. The first-order valence-corrected chi connectivity index (χ1v) is 8.18. The molecular formula is C14H19BrClN3. The Balaban J connectivity index is 1.83. The Morgan fingerprint density at radius 2 is 2.11 bits per heavy atom. The van der Waals surface area contributed by atoms with Gasteiger partial charge in [0.25, 0.3) is 0 Å². The molecule has 2 bridgehead atoms. The average molecular weight is 345 g/mol. The van der Waals surface area contributed by atoms with Crippen molar-refractivity contribution in [3.63, 3.8) is 0 Å². The zero-order valence-corrected chi connectivity index (χ0v) is 13.4. The lowest BCUT2D eigenvalue weighted by molar-refractivity contribution is 0.348. The molecule has 19 heavy (non-hydrogen) atoms. The number of anilines is 1. The SMILES string of the molecule is CCN(c1ncc(Br)cc1Cl)C1CC2CCC(C1)N2. The summed E-state index contributed by atoms with van der Waals surface area (Å²) >= 11 is 9.78. The Labute approximate surface area is 127 Å². The average Bonchev–Trinajstić information content (AvgIpc) is 2.72. The molecule has 0 aromatic carbocycles. The highest BCUT2D eigenvalue weighted by atomic mass is 79.9. The molecule has 3 heterocycles. The van der Waals surface area contributed by atoms with E-state index in [1.54, 1.807) is 0 Å². The van der Waals surface area contributed by atoms with Crippen molar-refractivity contribution in [3.8, 4) is 0 Å². The van der Waals surface area contributed by atoms with Crippen LogP contribution in [-0.4, -0.2) is 29.7 Å². The molecule has 1 N–H and O–H groups in total. The summed E-state index contributed by atoms with van der Waals surface area (Å²) in [6.07, 6.45) is 6.89. The van der Waals surface area contributed by atoms with Crippen molar-refractivity contribution < 1.29 is 0 Å². The predicted molar refractivity (Wildman–Crippen MR) is 82.9 cm³/mol. The molecule has 5 heteroatoms. The van der Waals surface area contributed by atoms with Gasteiger partial charge in [-0.2, -0.15) is 0 Å². The maximum atomic E-state index is 6.36. The van der Waals surface area contributed by atoms with Gasteiger partial charge in [0.1, 0.15) is 5.82 Å². The first kappa shape index (κ1) is 13.7. The van der Waals surface area contributed by atoms with Crippen molar-refractivity contribution >= 4 is 33.3 Å². The lowest BCUT2D eigenvalue weighted by atomic mass is 9.98. The molecular weight excluding hydrogens is 326 g/mol. The second kappa shape index (κ2) is 5.58. The van der Waals surface area contributed by atoms with E-state index in [0.29, 0.717) is 18.1 Å².